The quantitative estimate of drug-likeness (QED) is 0.668. The monoisotopic (exact) mass is 212 g/mol. The second kappa shape index (κ2) is 6.14. The number of rotatable bonds is 4. The van der Waals surface area contributed by atoms with E-state index in [1.807, 2.05) is 0 Å². The van der Waals surface area contributed by atoms with Gasteiger partial charge in [-0.15, -0.1) is 0 Å². The molecule has 1 saturated carbocycles. The molecule has 1 fully saturated rings. The smallest absolute Gasteiger partial charge is 0.302 e. The lowest BCUT2D eigenvalue weighted by Gasteiger charge is -2.30. The molecule has 0 bridgehead atoms. The summed E-state index contributed by atoms with van der Waals surface area (Å²) in [6, 6.07) is 0. The predicted molar refractivity (Wildman–Crippen MR) is 61.5 cm³/mol. The second-order valence-corrected chi connectivity index (χ2v) is 5.15. The van der Waals surface area contributed by atoms with Crippen molar-refractivity contribution in [2.24, 2.45) is 17.8 Å². The van der Waals surface area contributed by atoms with Crippen LogP contribution in [0.4, 0.5) is 0 Å². The predicted octanol–water partition coefficient (Wildman–Crippen LogP) is 3.40. The number of hydrogen-bond acceptors (Lipinski definition) is 2. The van der Waals surface area contributed by atoms with Crippen molar-refractivity contribution in [1.82, 2.24) is 0 Å². The molecule has 0 aromatic carbocycles. The Morgan fingerprint density at radius 3 is 2.33 bits per heavy atom. The molecule has 2 nitrogen and oxygen atoms in total. The Bertz CT molecular complexity index is 191. The van der Waals surface area contributed by atoms with E-state index >= 15 is 0 Å². The highest BCUT2D eigenvalue weighted by Crippen LogP contribution is 2.34. The molecule has 1 rings (SSSR count). The van der Waals surface area contributed by atoms with E-state index in [1.54, 1.807) is 0 Å². The lowest BCUT2D eigenvalue weighted by atomic mass is 9.76. The fourth-order valence-corrected chi connectivity index (χ4v) is 2.51. The molecule has 0 aliphatic heterocycles. The standard InChI is InChI=1S/C13H24O2/c1-10(2)13-6-4-12(5-7-13)8-9-15-11(3)14/h10,12-13H,4-9H2,1-3H3. The van der Waals surface area contributed by atoms with Crippen LogP contribution in [-0.4, -0.2) is 12.6 Å². The van der Waals surface area contributed by atoms with E-state index in [-0.39, 0.29) is 5.97 Å². The molecule has 0 saturated heterocycles. The number of ether oxygens (including phenoxy) is 1. The van der Waals surface area contributed by atoms with E-state index in [0.717, 1.165) is 24.2 Å². The van der Waals surface area contributed by atoms with Crippen molar-refractivity contribution >= 4 is 5.97 Å². The first-order valence-electron chi connectivity index (χ1n) is 6.23. The first-order chi connectivity index (χ1) is 7.09. The van der Waals surface area contributed by atoms with Crippen molar-refractivity contribution < 1.29 is 9.53 Å². The van der Waals surface area contributed by atoms with Crippen LogP contribution in [0.3, 0.4) is 0 Å². The third-order valence-electron chi connectivity index (χ3n) is 3.67. The Morgan fingerprint density at radius 1 is 1.27 bits per heavy atom. The minimum Gasteiger partial charge on any atom is -0.466 e. The molecule has 0 spiro atoms. The van der Waals surface area contributed by atoms with E-state index in [1.165, 1.54) is 32.6 Å². The molecule has 0 atom stereocenters. The molecule has 2 heteroatoms. The van der Waals surface area contributed by atoms with Gasteiger partial charge in [0, 0.05) is 6.92 Å². The average Bonchev–Trinajstić information content (AvgIpc) is 2.18. The summed E-state index contributed by atoms with van der Waals surface area (Å²) >= 11 is 0. The van der Waals surface area contributed by atoms with Gasteiger partial charge in [-0.2, -0.15) is 0 Å². The maximum Gasteiger partial charge on any atom is 0.302 e. The number of esters is 1. The highest BCUT2D eigenvalue weighted by molar-refractivity contribution is 5.65. The summed E-state index contributed by atoms with van der Waals surface area (Å²) < 4.78 is 4.98. The lowest BCUT2D eigenvalue weighted by Crippen LogP contribution is -2.19. The fourth-order valence-electron chi connectivity index (χ4n) is 2.51. The fraction of sp³-hybridized carbons (Fsp3) is 0.923. The molecular formula is C13H24O2. The highest BCUT2D eigenvalue weighted by atomic mass is 16.5. The van der Waals surface area contributed by atoms with Crippen LogP contribution in [0.2, 0.25) is 0 Å². The molecular weight excluding hydrogens is 188 g/mol. The second-order valence-electron chi connectivity index (χ2n) is 5.15. The number of hydrogen-bond donors (Lipinski definition) is 0. The number of carbonyl (C=O) groups excluding carboxylic acids is 1. The average molecular weight is 212 g/mol. The van der Waals surface area contributed by atoms with E-state index < -0.39 is 0 Å². The van der Waals surface area contributed by atoms with Crippen molar-refractivity contribution in [1.29, 1.82) is 0 Å². The lowest BCUT2D eigenvalue weighted by molar-refractivity contribution is -0.141. The van der Waals surface area contributed by atoms with Crippen molar-refractivity contribution in [2.45, 2.75) is 52.9 Å². The Morgan fingerprint density at radius 2 is 1.87 bits per heavy atom. The Labute approximate surface area is 93.4 Å². The molecule has 1 aliphatic rings. The summed E-state index contributed by atoms with van der Waals surface area (Å²) in [7, 11) is 0. The molecule has 0 N–H and O–H groups in total. The molecule has 0 unspecified atom stereocenters. The molecule has 15 heavy (non-hydrogen) atoms. The van der Waals surface area contributed by atoms with E-state index in [0.29, 0.717) is 6.61 Å². The molecule has 0 amide bonds. The van der Waals surface area contributed by atoms with Crippen LogP contribution in [0.25, 0.3) is 0 Å². The zero-order valence-electron chi connectivity index (χ0n) is 10.3. The minimum absolute atomic E-state index is 0.147. The first-order valence-corrected chi connectivity index (χ1v) is 6.23. The first kappa shape index (κ1) is 12.5. The molecule has 0 radical (unpaired) electrons. The summed E-state index contributed by atoms with van der Waals surface area (Å²) in [5.74, 6) is 2.40. The van der Waals surface area contributed by atoms with Crippen molar-refractivity contribution in [3.05, 3.63) is 0 Å². The molecule has 1 aliphatic carbocycles. The Kier molecular flexibility index (Phi) is 5.13. The van der Waals surface area contributed by atoms with Crippen LogP contribution in [0.1, 0.15) is 52.9 Å². The minimum atomic E-state index is -0.147. The van der Waals surface area contributed by atoms with Gasteiger partial charge >= 0.3 is 5.97 Å². The van der Waals surface area contributed by atoms with E-state index in [4.69, 9.17) is 4.74 Å². The third kappa shape index (κ3) is 4.67. The zero-order chi connectivity index (χ0) is 11.3. The molecule has 88 valence electrons. The summed E-state index contributed by atoms with van der Waals surface area (Å²) in [5, 5.41) is 0. The summed E-state index contributed by atoms with van der Waals surface area (Å²) in [5.41, 5.74) is 0. The van der Waals surface area contributed by atoms with Crippen LogP contribution in [0.15, 0.2) is 0 Å². The topological polar surface area (TPSA) is 26.3 Å². The van der Waals surface area contributed by atoms with Crippen LogP contribution in [0, 0.1) is 17.8 Å². The van der Waals surface area contributed by atoms with Crippen molar-refractivity contribution in [3.63, 3.8) is 0 Å². The van der Waals surface area contributed by atoms with Gasteiger partial charge in [-0.25, -0.2) is 0 Å². The van der Waals surface area contributed by atoms with Gasteiger partial charge in [-0.1, -0.05) is 26.7 Å². The van der Waals surface area contributed by atoms with Crippen LogP contribution in [-0.2, 0) is 9.53 Å². The van der Waals surface area contributed by atoms with E-state index in [2.05, 4.69) is 13.8 Å². The van der Waals surface area contributed by atoms with Crippen LogP contribution in [0.5, 0.6) is 0 Å². The highest BCUT2D eigenvalue weighted by Gasteiger charge is 2.22. The number of carbonyl (C=O) groups is 1. The van der Waals surface area contributed by atoms with Gasteiger partial charge in [0.15, 0.2) is 0 Å². The Balaban J connectivity index is 2.12. The van der Waals surface area contributed by atoms with Crippen LogP contribution >= 0.6 is 0 Å². The summed E-state index contributed by atoms with van der Waals surface area (Å²) in [4.78, 5) is 10.6. The normalized spacial score (nSPS) is 26.7. The van der Waals surface area contributed by atoms with Gasteiger partial charge in [0.2, 0.25) is 0 Å². The molecule has 0 aromatic heterocycles. The van der Waals surface area contributed by atoms with Gasteiger partial charge in [-0.05, 0) is 37.0 Å². The van der Waals surface area contributed by atoms with Crippen LogP contribution < -0.4 is 0 Å². The maximum atomic E-state index is 10.6. The van der Waals surface area contributed by atoms with Crippen molar-refractivity contribution in [3.8, 4) is 0 Å². The largest absolute Gasteiger partial charge is 0.466 e. The van der Waals surface area contributed by atoms with Gasteiger partial charge in [-0.3, -0.25) is 4.79 Å². The molecule has 0 aromatic rings. The maximum absolute atomic E-state index is 10.6. The molecule has 0 heterocycles. The van der Waals surface area contributed by atoms with E-state index in [9.17, 15) is 4.79 Å². The van der Waals surface area contributed by atoms with Gasteiger partial charge in [0.05, 0.1) is 6.61 Å². The zero-order valence-corrected chi connectivity index (χ0v) is 10.3. The summed E-state index contributed by atoms with van der Waals surface area (Å²) in [6.45, 7) is 6.75. The Hall–Kier alpha value is -0.530. The van der Waals surface area contributed by atoms with Crippen molar-refractivity contribution in [2.75, 3.05) is 6.61 Å². The van der Waals surface area contributed by atoms with Gasteiger partial charge in [0.25, 0.3) is 0 Å². The third-order valence-corrected chi connectivity index (χ3v) is 3.67. The SMILES string of the molecule is CC(=O)OCCC1CCC(C(C)C)CC1. The van der Waals surface area contributed by atoms with Gasteiger partial charge in [0.1, 0.15) is 0 Å². The summed E-state index contributed by atoms with van der Waals surface area (Å²) in [6.07, 6.45) is 6.43. The van der Waals surface area contributed by atoms with Gasteiger partial charge < -0.3 is 4.74 Å².